The molecule has 14 nitrogen and oxygen atoms in total. The van der Waals surface area contributed by atoms with Crippen molar-refractivity contribution < 1.29 is 24.0 Å². The predicted molar refractivity (Wildman–Crippen MR) is 173 cm³/mol. The molecule has 0 aromatic heterocycles. The Labute approximate surface area is 263 Å². The van der Waals surface area contributed by atoms with E-state index >= 15 is 0 Å². The number of unbranched alkanes of at least 4 members (excludes halogenated alkanes) is 3. The van der Waals surface area contributed by atoms with Gasteiger partial charge in [-0.25, -0.2) is 0 Å². The highest BCUT2D eigenvalue weighted by Gasteiger charge is 2.32. The number of carbonyl (C=O) groups is 5. The van der Waals surface area contributed by atoms with Crippen molar-refractivity contribution in [3.63, 3.8) is 0 Å². The Kier molecular flexibility index (Phi) is 22.1. The van der Waals surface area contributed by atoms with E-state index in [1.807, 2.05) is 27.7 Å². The zero-order chi connectivity index (χ0) is 33.7. The topological polar surface area (TPSA) is 264 Å². The first kappa shape index (κ1) is 41.2. The summed E-state index contributed by atoms with van der Waals surface area (Å²) >= 11 is 0. The predicted octanol–water partition coefficient (Wildman–Crippen LogP) is -0.783. The van der Waals surface area contributed by atoms with E-state index in [2.05, 4.69) is 21.3 Å². The average molecular weight is 628 g/mol. The lowest BCUT2D eigenvalue weighted by Gasteiger charge is -2.27. The van der Waals surface area contributed by atoms with Gasteiger partial charge in [-0.3, -0.25) is 24.0 Å². The van der Waals surface area contributed by atoms with Gasteiger partial charge >= 0.3 is 0 Å². The molecule has 256 valence electrons. The lowest BCUT2D eigenvalue weighted by atomic mass is 9.99. The van der Waals surface area contributed by atoms with Crippen molar-refractivity contribution in [1.82, 2.24) is 21.3 Å². The summed E-state index contributed by atoms with van der Waals surface area (Å²) in [5.41, 5.74) is 28.3. The second-order valence-corrected chi connectivity index (χ2v) is 12.4. The Balaban J connectivity index is 5.82. The highest BCUT2D eigenvalue weighted by molar-refractivity contribution is 5.95. The summed E-state index contributed by atoms with van der Waals surface area (Å²) in [7, 11) is 0. The van der Waals surface area contributed by atoms with E-state index in [4.69, 9.17) is 28.7 Å². The summed E-state index contributed by atoms with van der Waals surface area (Å²) in [5, 5.41) is 11.0. The largest absolute Gasteiger partial charge is 0.368 e. The van der Waals surface area contributed by atoms with Crippen molar-refractivity contribution in [2.24, 2.45) is 40.5 Å². The van der Waals surface area contributed by atoms with Crippen LogP contribution >= 0.6 is 0 Å². The molecule has 14 heteroatoms. The lowest BCUT2D eigenvalue weighted by molar-refractivity contribution is -0.135. The van der Waals surface area contributed by atoms with E-state index in [9.17, 15) is 24.0 Å². The van der Waals surface area contributed by atoms with E-state index in [1.54, 1.807) is 0 Å². The van der Waals surface area contributed by atoms with Crippen LogP contribution in [0.1, 0.15) is 98.3 Å². The van der Waals surface area contributed by atoms with Gasteiger partial charge in [-0.2, -0.15) is 0 Å². The number of rotatable bonds is 25. The maximum absolute atomic E-state index is 13.6. The van der Waals surface area contributed by atoms with Crippen molar-refractivity contribution in [2.75, 3.05) is 19.6 Å². The monoisotopic (exact) mass is 627 g/mol. The van der Waals surface area contributed by atoms with Crippen LogP contribution in [0.25, 0.3) is 0 Å². The number of carbonyl (C=O) groups excluding carboxylic acids is 5. The summed E-state index contributed by atoms with van der Waals surface area (Å²) in [6.45, 7) is 9.01. The highest BCUT2D eigenvalue weighted by Crippen LogP contribution is 2.11. The van der Waals surface area contributed by atoms with Crippen LogP contribution in [0.5, 0.6) is 0 Å². The molecule has 0 fully saturated rings. The second kappa shape index (κ2) is 23.6. The first-order valence-corrected chi connectivity index (χ1v) is 16.1. The van der Waals surface area contributed by atoms with Crippen LogP contribution in [0.4, 0.5) is 0 Å². The molecule has 0 bridgehead atoms. The van der Waals surface area contributed by atoms with E-state index < -0.39 is 59.7 Å². The fraction of sp³-hybridized carbons (Fsp3) is 0.833. The minimum absolute atomic E-state index is 0.0281. The molecule has 0 aliphatic heterocycles. The molecule has 0 radical (unpaired) electrons. The number of primary amides is 1. The number of hydrogen-bond donors (Lipinski definition) is 9. The molecule has 0 aromatic rings. The van der Waals surface area contributed by atoms with Gasteiger partial charge in [0.25, 0.3) is 0 Å². The molecule has 0 spiro atoms. The molecule has 0 rings (SSSR count). The SMILES string of the molecule is CC(C)C[C@H](NC(=O)[C@H](CCCCN)NC(=O)[C@H](CC(C)C)NC(=O)[C@@H](N)CCCCN)C(=O)N[C@@H](CCCCN)C(N)=O. The third-order valence-electron chi connectivity index (χ3n) is 7.17. The van der Waals surface area contributed by atoms with Gasteiger partial charge in [-0.15, -0.1) is 0 Å². The fourth-order valence-electron chi connectivity index (χ4n) is 4.68. The third-order valence-corrected chi connectivity index (χ3v) is 7.17. The molecule has 0 aromatic carbocycles. The van der Waals surface area contributed by atoms with E-state index in [1.165, 1.54) is 0 Å². The minimum Gasteiger partial charge on any atom is -0.368 e. The summed E-state index contributed by atoms with van der Waals surface area (Å²) in [6.07, 6.45) is 5.56. The Morgan fingerprint density at radius 1 is 0.500 bits per heavy atom. The van der Waals surface area contributed by atoms with Crippen LogP contribution in [0, 0.1) is 11.8 Å². The molecule has 5 amide bonds. The maximum Gasteiger partial charge on any atom is 0.243 e. The zero-order valence-electron chi connectivity index (χ0n) is 27.4. The van der Waals surface area contributed by atoms with Crippen LogP contribution in [-0.4, -0.2) is 79.4 Å². The molecule has 0 aliphatic rings. The molecule has 0 heterocycles. The van der Waals surface area contributed by atoms with Gasteiger partial charge in [-0.1, -0.05) is 34.1 Å². The summed E-state index contributed by atoms with van der Waals surface area (Å²) < 4.78 is 0. The van der Waals surface area contributed by atoms with Gasteiger partial charge in [0, 0.05) is 0 Å². The Morgan fingerprint density at radius 2 is 0.841 bits per heavy atom. The van der Waals surface area contributed by atoms with Crippen LogP contribution in [0.2, 0.25) is 0 Å². The van der Waals surface area contributed by atoms with Gasteiger partial charge in [0.2, 0.25) is 29.5 Å². The molecule has 5 atom stereocenters. The van der Waals surface area contributed by atoms with Crippen molar-refractivity contribution in [2.45, 2.75) is 129 Å². The van der Waals surface area contributed by atoms with Crippen molar-refractivity contribution in [3.8, 4) is 0 Å². The highest BCUT2D eigenvalue weighted by atomic mass is 16.2. The Bertz CT molecular complexity index is 872. The smallest absolute Gasteiger partial charge is 0.243 e. The van der Waals surface area contributed by atoms with Crippen LogP contribution in [0.3, 0.4) is 0 Å². The maximum atomic E-state index is 13.6. The van der Waals surface area contributed by atoms with Crippen molar-refractivity contribution in [1.29, 1.82) is 0 Å². The van der Waals surface area contributed by atoms with Crippen molar-refractivity contribution in [3.05, 3.63) is 0 Å². The van der Waals surface area contributed by atoms with E-state index in [0.29, 0.717) is 77.4 Å². The molecule has 0 unspecified atom stereocenters. The quantitative estimate of drug-likeness (QED) is 0.0574. The standard InChI is InChI=1S/C30H61N9O5/c1-19(2)17-24(38-27(41)21(34)11-5-8-14-31)30(44)37-23(13-7-10-16-33)28(42)39-25(18-20(3)4)29(43)36-22(26(35)40)12-6-9-15-32/h19-25H,5-18,31-34H2,1-4H3,(H2,35,40)(H,36,43)(H,37,44)(H,38,41)(H,39,42)/t21-,22-,23-,24-,25-/m0/s1. The summed E-state index contributed by atoms with van der Waals surface area (Å²) in [5.74, 6) is -2.64. The normalized spacial score (nSPS) is 14.8. The van der Waals surface area contributed by atoms with Crippen LogP contribution in [-0.2, 0) is 24.0 Å². The Morgan fingerprint density at radius 3 is 1.25 bits per heavy atom. The lowest BCUT2D eigenvalue weighted by Crippen LogP contribution is -2.59. The van der Waals surface area contributed by atoms with Gasteiger partial charge in [0.1, 0.15) is 24.2 Å². The van der Waals surface area contributed by atoms with Gasteiger partial charge < -0.3 is 49.9 Å². The number of nitrogens with one attached hydrogen (secondary N) is 4. The van der Waals surface area contributed by atoms with Crippen LogP contribution < -0.4 is 49.9 Å². The molecule has 44 heavy (non-hydrogen) atoms. The molecular weight excluding hydrogens is 566 g/mol. The number of nitrogens with two attached hydrogens (primary N) is 5. The zero-order valence-corrected chi connectivity index (χ0v) is 27.4. The average Bonchev–Trinajstić information content (AvgIpc) is 2.94. The van der Waals surface area contributed by atoms with Crippen molar-refractivity contribution >= 4 is 29.5 Å². The first-order chi connectivity index (χ1) is 20.8. The molecule has 0 saturated carbocycles. The second-order valence-electron chi connectivity index (χ2n) is 12.4. The van der Waals surface area contributed by atoms with Gasteiger partial charge in [0.15, 0.2) is 0 Å². The van der Waals surface area contributed by atoms with Gasteiger partial charge in [0.05, 0.1) is 6.04 Å². The minimum atomic E-state index is -0.988. The third kappa shape index (κ3) is 18.1. The summed E-state index contributed by atoms with van der Waals surface area (Å²) in [4.78, 5) is 65.0. The van der Waals surface area contributed by atoms with E-state index in [0.717, 1.165) is 6.42 Å². The van der Waals surface area contributed by atoms with Gasteiger partial charge in [-0.05, 0) is 95.7 Å². The Hall–Kier alpha value is -2.81. The molecule has 14 N–H and O–H groups in total. The van der Waals surface area contributed by atoms with E-state index in [-0.39, 0.29) is 18.3 Å². The van der Waals surface area contributed by atoms with Crippen LogP contribution in [0.15, 0.2) is 0 Å². The fourth-order valence-corrected chi connectivity index (χ4v) is 4.68. The summed E-state index contributed by atoms with van der Waals surface area (Å²) in [6, 6.07) is -4.55. The number of hydrogen-bond acceptors (Lipinski definition) is 9. The molecular formula is C30H61N9O5. The molecule has 0 aliphatic carbocycles. The first-order valence-electron chi connectivity index (χ1n) is 16.1. The molecule has 0 saturated heterocycles. The number of amides is 5.